The van der Waals surface area contributed by atoms with Crippen LogP contribution < -0.4 is 11.1 Å². The molecular formula is C20H20N6O2S. The molecule has 1 aromatic carbocycles. The lowest BCUT2D eigenvalue weighted by molar-refractivity contribution is 0.194. The van der Waals surface area contributed by atoms with Crippen molar-refractivity contribution in [2.75, 3.05) is 12.3 Å². The van der Waals surface area contributed by atoms with Crippen LogP contribution in [0, 0.1) is 0 Å². The van der Waals surface area contributed by atoms with E-state index in [-0.39, 0.29) is 0 Å². The molecule has 0 fully saturated rings. The molecule has 8 nitrogen and oxygen atoms in total. The summed E-state index contributed by atoms with van der Waals surface area (Å²) in [6.07, 6.45) is 3.88. The van der Waals surface area contributed by atoms with Crippen LogP contribution in [0.1, 0.15) is 12.8 Å². The Balaban J connectivity index is 1.69. The van der Waals surface area contributed by atoms with Gasteiger partial charge in [0.15, 0.2) is 0 Å². The molecule has 0 aliphatic carbocycles. The molecule has 0 bridgehead atoms. The van der Waals surface area contributed by atoms with Crippen molar-refractivity contribution in [1.82, 2.24) is 24.8 Å². The van der Waals surface area contributed by atoms with Crippen molar-refractivity contribution >= 4 is 33.5 Å². The summed E-state index contributed by atoms with van der Waals surface area (Å²) in [7, 11) is 0. The number of rotatable bonds is 7. The predicted molar refractivity (Wildman–Crippen MR) is 114 cm³/mol. The molecule has 29 heavy (non-hydrogen) atoms. The second-order valence-corrected chi connectivity index (χ2v) is 7.56. The van der Waals surface area contributed by atoms with Crippen molar-refractivity contribution in [3.8, 4) is 21.8 Å². The molecule has 0 aliphatic rings. The largest absolute Gasteiger partial charge is 0.465 e. The Bertz CT molecular complexity index is 1140. The number of hydrogen-bond acceptors (Lipinski definition) is 6. The molecule has 1 amide bonds. The van der Waals surface area contributed by atoms with Crippen molar-refractivity contribution in [2.45, 2.75) is 19.4 Å². The Hall–Kier alpha value is -3.46. The highest BCUT2D eigenvalue weighted by molar-refractivity contribution is 7.21. The smallest absolute Gasteiger partial charge is 0.404 e. The first-order chi connectivity index (χ1) is 14.1. The van der Waals surface area contributed by atoms with Crippen molar-refractivity contribution in [1.29, 1.82) is 0 Å². The minimum absolute atomic E-state index is 0.430. The molecule has 4 N–H and O–H groups in total. The second-order valence-electron chi connectivity index (χ2n) is 6.53. The monoisotopic (exact) mass is 408 g/mol. The number of amides is 1. The highest BCUT2D eigenvalue weighted by Crippen LogP contribution is 2.39. The fourth-order valence-corrected chi connectivity index (χ4v) is 4.28. The van der Waals surface area contributed by atoms with Crippen LogP contribution in [0.4, 0.5) is 10.6 Å². The lowest BCUT2D eigenvalue weighted by Gasteiger charge is -2.09. The number of benzene rings is 1. The van der Waals surface area contributed by atoms with Crippen LogP contribution in [0.2, 0.25) is 0 Å². The Labute approximate surface area is 171 Å². The van der Waals surface area contributed by atoms with Crippen molar-refractivity contribution in [3.63, 3.8) is 0 Å². The molecule has 3 aromatic heterocycles. The Morgan fingerprint density at radius 1 is 1.17 bits per heavy atom. The van der Waals surface area contributed by atoms with Crippen LogP contribution in [0.5, 0.6) is 0 Å². The van der Waals surface area contributed by atoms with Gasteiger partial charge < -0.3 is 20.7 Å². The third-order valence-corrected chi connectivity index (χ3v) is 5.63. The molecule has 4 aromatic rings. The van der Waals surface area contributed by atoms with Gasteiger partial charge in [-0.05, 0) is 18.9 Å². The number of thiophene rings is 1. The highest BCUT2D eigenvalue weighted by atomic mass is 32.1. The maximum Gasteiger partial charge on any atom is 0.404 e. The topological polar surface area (TPSA) is 119 Å². The van der Waals surface area contributed by atoms with Gasteiger partial charge in [0.1, 0.15) is 17.0 Å². The van der Waals surface area contributed by atoms with Gasteiger partial charge in [-0.25, -0.2) is 19.7 Å². The van der Waals surface area contributed by atoms with Gasteiger partial charge in [0.05, 0.1) is 28.0 Å². The van der Waals surface area contributed by atoms with E-state index < -0.39 is 6.09 Å². The number of fused-ring (bicyclic) bond motifs is 1. The standard InChI is InChI=1S/C20H20N6O2S/c21-18-14-10-15(29-19(14)24-11-23-18)17-16(13-6-2-1-3-7-13)25-12-26(17)9-5-4-8-22-20(27)28/h1-3,6-7,10-12,22H,4-5,8-9H2,(H,27,28)(H2,21,23,24). The number of carboxylic acid groups (broad SMARTS) is 1. The molecule has 0 spiro atoms. The third kappa shape index (κ3) is 4.04. The minimum atomic E-state index is -0.997. The van der Waals surface area contributed by atoms with E-state index in [4.69, 9.17) is 10.8 Å². The summed E-state index contributed by atoms with van der Waals surface area (Å²) in [6.45, 7) is 1.16. The van der Waals surface area contributed by atoms with Crippen LogP contribution in [-0.2, 0) is 6.54 Å². The van der Waals surface area contributed by atoms with E-state index in [9.17, 15) is 4.79 Å². The first-order valence-corrected chi connectivity index (χ1v) is 10.0. The van der Waals surface area contributed by atoms with E-state index in [1.165, 1.54) is 6.33 Å². The summed E-state index contributed by atoms with van der Waals surface area (Å²) in [5.74, 6) is 0.463. The van der Waals surface area contributed by atoms with E-state index in [0.717, 1.165) is 51.4 Å². The molecule has 148 valence electrons. The maximum absolute atomic E-state index is 10.6. The first kappa shape index (κ1) is 18.9. The van der Waals surface area contributed by atoms with E-state index in [1.807, 2.05) is 42.7 Å². The quantitative estimate of drug-likeness (QED) is 0.400. The van der Waals surface area contributed by atoms with E-state index in [2.05, 4.69) is 24.8 Å². The number of aromatic nitrogens is 4. The predicted octanol–water partition coefficient (Wildman–Crippen LogP) is 3.85. The number of anilines is 1. The molecule has 0 radical (unpaired) electrons. The Morgan fingerprint density at radius 3 is 2.76 bits per heavy atom. The van der Waals surface area contributed by atoms with E-state index in [0.29, 0.717) is 12.4 Å². The maximum atomic E-state index is 10.6. The van der Waals surface area contributed by atoms with Crippen molar-refractivity contribution in [2.24, 2.45) is 0 Å². The van der Waals surface area contributed by atoms with E-state index in [1.54, 1.807) is 11.3 Å². The summed E-state index contributed by atoms with van der Waals surface area (Å²) in [5, 5.41) is 11.9. The van der Waals surface area contributed by atoms with Crippen LogP contribution in [0.15, 0.2) is 49.1 Å². The molecule has 0 unspecified atom stereocenters. The van der Waals surface area contributed by atoms with Gasteiger partial charge in [-0.15, -0.1) is 11.3 Å². The molecular weight excluding hydrogens is 388 g/mol. The average molecular weight is 408 g/mol. The van der Waals surface area contributed by atoms with Gasteiger partial charge in [0, 0.05) is 18.7 Å². The molecule has 0 saturated heterocycles. The fourth-order valence-electron chi connectivity index (χ4n) is 3.21. The SMILES string of the molecule is Nc1ncnc2sc(-c3c(-c4ccccc4)ncn3CCCCNC(=O)O)cc12. The van der Waals surface area contributed by atoms with Gasteiger partial charge in [-0.3, -0.25) is 0 Å². The van der Waals surface area contributed by atoms with Gasteiger partial charge >= 0.3 is 6.09 Å². The van der Waals surface area contributed by atoms with Crippen molar-refractivity contribution < 1.29 is 9.90 Å². The number of nitrogens with one attached hydrogen (secondary N) is 1. The van der Waals surface area contributed by atoms with Gasteiger partial charge in [0.25, 0.3) is 0 Å². The number of nitrogens with zero attached hydrogens (tertiary/aromatic N) is 4. The van der Waals surface area contributed by atoms with Crippen LogP contribution in [0.25, 0.3) is 32.0 Å². The number of nitrogens with two attached hydrogens (primary N) is 1. The molecule has 0 aliphatic heterocycles. The zero-order chi connectivity index (χ0) is 20.2. The van der Waals surface area contributed by atoms with Gasteiger partial charge in [0.2, 0.25) is 0 Å². The molecule has 4 rings (SSSR count). The number of unbranched alkanes of at least 4 members (excludes halogenated alkanes) is 1. The summed E-state index contributed by atoms with van der Waals surface area (Å²) < 4.78 is 2.11. The highest BCUT2D eigenvalue weighted by Gasteiger charge is 2.18. The Kier molecular flexibility index (Phi) is 5.39. The lowest BCUT2D eigenvalue weighted by Crippen LogP contribution is -2.22. The molecule has 3 heterocycles. The lowest BCUT2D eigenvalue weighted by atomic mass is 10.1. The molecule has 9 heteroatoms. The van der Waals surface area contributed by atoms with Crippen LogP contribution in [-0.4, -0.2) is 37.3 Å². The summed E-state index contributed by atoms with van der Waals surface area (Å²) in [6, 6.07) is 12.0. The van der Waals surface area contributed by atoms with Crippen molar-refractivity contribution in [3.05, 3.63) is 49.1 Å². The van der Waals surface area contributed by atoms with Gasteiger partial charge in [-0.2, -0.15) is 0 Å². The number of aryl methyl sites for hydroxylation is 1. The first-order valence-electron chi connectivity index (χ1n) is 9.21. The average Bonchev–Trinajstić information content (AvgIpc) is 3.33. The third-order valence-electron chi connectivity index (χ3n) is 4.58. The Morgan fingerprint density at radius 2 is 2.00 bits per heavy atom. The minimum Gasteiger partial charge on any atom is -0.465 e. The number of nitrogen functional groups attached to an aromatic ring is 1. The second kappa shape index (κ2) is 8.27. The van der Waals surface area contributed by atoms with Gasteiger partial charge in [-0.1, -0.05) is 30.3 Å². The number of hydrogen-bond donors (Lipinski definition) is 3. The normalized spacial score (nSPS) is 11.0. The molecule has 0 saturated carbocycles. The summed E-state index contributed by atoms with van der Waals surface area (Å²) in [4.78, 5) is 25.6. The summed E-state index contributed by atoms with van der Waals surface area (Å²) in [5.41, 5.74) is 8.96. The fraction of sp³-hybridized carbons (Fsp3) is 0.200. The number of imidazole rings is 1. The zero-order valence-corrected chi connectivity index (χ0v) is 16.4. The number of carbonyl (C=O) groups is 1. The summed E-state index contributed by atoms with van der Waals surface area (Å²) >= 11 is 1.56. The van der Waals surface area contributed by atoms with E-state index >= 15 is 0 Å². The van der Waals surface area contributed by atoms with Crippen LogP contribution >= 0.6 is 11.3 Å². The zero-order valence-electron chi connectivity index (χ0n) is 15.6. The molecule has 0 atom stereocenters. The van der Waals surface area contributed by atoms with Crippen LogP contribution in [0.3, 0.4) is 0 Å².